The molecule has 6 heteroatoms. The minimum Gasteiger partial charge on any atom is -0.509 e. The van der Waals surface area contributed by atoms with Crippen LogP contribution in [0.4, 0.5) is 0 Å². The molecule has 3 heterocycles. The first-order valence-electron chi connectivity index (χ1n) is 15.7. The van der Waals surface area contributed by atoms with Crippen LogP contribution in [-0.2, 0) is 21.1 Å². The van der Waals surface area contributed by atoms with Crippen LogP contribution in [0.5, 0.6) is 11.5 Å². The van der Waals surface area contributed by atoms with Crippen molar-refractivity contribution in [3.8, 4) is 34.1 Å². The largest absolute Gasteiger partial charge is 2.00 e. The molecule has 1 unspecified atom stereocenters. The number of fused-ring (bicyclic) bond motifs is 3. The predicted molar refractivity (Wildman–Crippen MR) is 183 cm³/mol. The quantitative estimate of drug-likeness (QED) is 0.144. The van der Waals surface area contributed by atoms with E-state index in [1.54, 1.807) is 0 Å². The van der Waals surface area contributed by atoms with Crippen LogP contribution >= 0.6 is 0 Å². The standard InChI is InChI=1S/C40H36N4O.Pt/c1-6-28(5)40-38(29-13-8-7-9-14-29)39(26(2)3)42-44(40)30-15-12-16-31(24-30)45-32-19-20-34-33-17-10-11-18-35(33)43(36(34)25-32)37-23-27(4)21-22-41-37;/h7-23,26,28H,6H2,1-5H3;/q-2;+2. The average Bonchev–Trinajstić information content (AvgIpc) is 3.62. The van der Waals surface area contributed by atoms with Crippen molar-refractivity contribution < 1.29 is 25.8 Å². The number of aryl methyl sites for hydroxylation is 1. The number of nitrogens with zero attached hydrogens (tertiary/aromatic N) is 4. The number of hydrogen-bond acceptors (Lipinski definition) is 3. The SMILES string of the molecule is CCC(C)c1c(-c2ccccc2)c(C(C)C)nn1-c1[c-]c(Oc2[c-]c3c(cc2)c2ccccc2n3-c2cc(C)ccn2)ccc1.[Pt+2]. The molecule has 7 aromatic rings. The molecule has 0 aliphatic heterocycles. The minimum atomic E-state index is 0. The van der Waals surface area contributed by atoms with Crippen LogP contribution < -0.4 is 4.74 Å². The molecular formula is C40H36N4OPt. The van der Waals surface area contributed by atoms with E-state index in [0.717, 1.165) is 51.0 Å². The summed E-state index contributed by atoms with van der Waals surface area (Å²) in [5, 5.41) is 7.45. The van der Waals surface area contributed by atoms with Gasteiger partial charge in [-0.15, -0.1) is 35.7 Å². The Labute approximate surface area is 285 Å². The van der Waals surface area contributed by atoms with Crippen molar-refractivity contribution in [1.82, 2.24) is 19.3 Å². The summed E-state index contributed by atoms with van der Waals surface area (Å²) in [6.45, 7) is 11.0. The second kappa shape index (κ2) is 13.1. The molecule has 232 valence electrons. The summed E-state index contributed by atoms with van der Waals surface area (Å²) in [7, 11) is 0. The van der Waals surface area contributed by atoms with Gasteiger partial charge < -0.3 is 9.30 Å². The van der Waals surface area contributed by atoms with Crippen LogP contribution in [0.1, 0.15) is 62.9 Å². The van der Waals surface area contributed by atoms with Crippen molar-refractivity contribution in [3.63, 3.8) is 0 Å². The fourth-order valence-electron chi connectivity index (χ4n) is 6.14. The van der Waals surface area contributed by atoms with Gasteiger partial charge in [0, 0.05) is 28.8 Å². The van der Waals surface area contributed by atoms with E-state index < -0.39 is 0 Å². The van der Waals surface area contributed by atoms with Gasteiger partial charge >= 0.3 is 21.1 Å². The molecule has 0 spiro atoms. The summed E-state index contributed by atoms with van der Waals surface area (Å²) in [4.78, 5) is 4.70. The Morgan fingerprint density at radius 3 is 2.33 bits per heavy atom. The van der Waals surface area contributed by atoms with Crippen LogP contribution in [0.2, 0.25) is 0 Å². The number of ether oxygens (including phenoxy) is 1. The third-order valence-electron chi connectivity index (χ3n) is 8.52. The van der Waals surface area contributed by atoms with E-state index >= 15 is 0 Å². The van der Waals surface area contributed by atoms with E-state index in [1.807, 2.05) is 30.5 Å². The Morgan fingerprint density at radius 1 is 0.804 bits per heavy atom. The van der Waals surface area contributed by atoms with Crippen molar-refractivity contribution in [3.05, 3.63) is 132 Å². The number of benzene rings is 4. The van der Waals surface area contributed by atoms with E-state index in [1.165, 1.54) is 16.8 Å². The maximum absolute atomic E-state index is 6.47. The Bertz CT molecular complexity index is 2140. The second-order valence-electron chi connectivity index (χ2n) is 12.0. The molecule has 46 heavy (non-hydrogen) atoms. The third-order valence-corrected chi connectivity index (χ3v) is 8.52. The number of pyridine rings is 1. The summed E-state index contributed by atoms with van der Waals surface area (Å²) in [5.41, 5.74) is 8.70. The van der Waals surface area contributed by atoms with Gasteiger partial charge in [-0.3, -0.25) is 4.68 Å². The first-order chi connectivity index (χ1) is 21.9. The summed E-state index contributed by atoms with van der Waals surface area (Å²) in [5.74, 6) is 2.64. The van der Waals surface area contributed by atoms with Crippen molar-refractivity contribution >= 4 is 21.8 Å². The summed E-state index contributed by atoms with van der Waals surface area (Å²) >= 11 is 0. The predicted octanol–water partition coefficient (Wildman–Crippen LogP) is 10.4. The van der Waals surface area contributed by atoms with Crippen LogP contribution in [0.15, 0.2) is 103 Å². The third kappa shape index (κ3) is 5.69. The Kier molecular flexibility index (Phi) is 8.97. The molecule has 3 aromatic heterocycles. The zero-order chi connectivity index (χ0) is 31.1. The molecule has 7 rings (SSSR count). The molecule has 0 radical (unpaired) electrons. The fourth-order valence-corrected chi connectivity index (χ4v) is 6.14. The smallest absolute Gasteiger partial charge is 0.509 e. The fraction of sp³-hybridized carbons (Fsp3) is 0.200. The first-order valence-corrected chi connectivity index (χ1v) is 15.7. The van der Waals surface area contributed by atoms with Crippen molar-refractivity contribution in [2.75, 3.05) is 0 Å². The first kappa shape index (κ1) is 31.5. The van der Waals surface area contributed by atoms with Gasteiger partial charge in [-0.1, -0.05) is 81.7 Å². The van der Waals surface area contributed by atoms with E-state index in [2.05, 4.69) is 129 Å². The van der Waals surface area contributed by atoms with Gasteiger partial charge in [-0.25, -0.2) is 4.98 Å². The van der Waals surface area contributed by atoms with E-state index in [0.29, 0.717) is 17.4 Å². The van der Waals surface area contributed by atoms with Gasteiger partial charge in [-0.2, -0.15) is 17.2 Å². The second-order valence-corrected chi connectivity index (χ2v) is 12.0. The molecule has 0 aliphatic carbocycles. The maximum atomic E-state index is 6.47. The molecule has 0 fully saturated rings. The maximum Gasteiger partial charge on any atom is 2.00 e. The van der Waals surface area contributed by atoms with Crippen molar-refractivity contribution in [2.24, 2.45) is 0 Å². The molecule has 0 bridgehead atoms. The van der Waals surface area contributed by atoms with Crippen molar-refractivity contribution in [2.45, 2.75) is 52.9 Å². The van der Waals surface area contributed by atoms with Crippen LogP contribution in [0.3, 0.4) is 0 Å². The zero-order valence-corrected chi connectivity index (χ0v) is 29.0. The molecule has 4 aromatic carbocycles. The van der Waals surface area contributed by atoms with Gasteiger partial charge in [-0.05, 0) is 65.6 Å². The minimum absolute atomic E-state index is 0. The van der Waals surface area contributed by atoms with E-state index in [-0.39, 0.29) is 27.0 Å². The van der Waals surface area contributed by atoms with Crippen LogP contribution in [0.25, 0.3) is 44.4 Å². The van der Waals surface area contributed by atoms with Gasteiger partial charge in [0.1, 0.15) is 5.82 Å². The van der Waals surface area contributed by atoms with E-state index in [9.17, 15) is 0 Å². The molecule has 0 aliphatic rings. The average molecular weight is 784 g/mol. The molecule has 0 saturated heterocycles. The topological polar surface area (TPSA) is 44.9 Å². The number of aromatic nitrogens is 4. The zero-order valence-electron chi connectivity index (χ0n) is 26.7. The Morgan fingerprint density at radius 2 is 1.57 bits per heavy atom. The van der Waals surface area contributed by atoms with Gasteiger partial charge in [0.2, 0.25) is 0 Å². The summed E-state index contributed by atoms with van der Waals surface area (Å²) in [6.07, 6.45) is 2.85. The Hall–Kier alpha value is -4.47. The molecule has 0 amide bonds. The normalized spacial score (nSPS) is 12.0. The monoisotopic (exact) mass is 783 g/mol. The molecule has 0 saturated carbocycles. The summed E-state index contributed by atoms with van der Waals surface area (Å²) < 4.78 is 10.7. The van der Waals surface area contributed by atoms with Gasteiger partial charge in [0.15, 0.2) is 0 Å². The summed E-state index contributed by atoms with van der Waals surface area (Å²) in [6, 6.07) is 40.3. The Balaban J connectivity index is 0.00000372. The van der Waals surface area contributed by atoms with Gasteiger partial charge in [0.05, 0.1) is 11.4 Å². The van der Waals surface area contributed by atoms with Crippen LogP contribution in [0, 0.1) is 19.1 Å². The molecule has 0 N–H and O–H groups in total. The molecular weight excluding hydrogens is 748 g/mol. The number of rotatable bonds is 8. The molecule has 5 nitrogen and oxygen atoms in total. The van der Waals surface area contributed by atoms with Gasteiger partial charge in [0.25, 0.3) is 0 Å². The number of hydrogen-bond donors (Lipinski definition) is 0. The van der Waals surface area contributed by atoms with E-state index in [4.69, 9.17) is 14.8 Å². The van der Waals surface area contributed by atoms with Crippen LogP contribution in [-0.4, -0.2) is 19.3 Å². The number of para-hydroxylation sites is 1. The molecule has 1 atom stereocenters. The van der Waals surface area contributed by atoms with Crippen molar-refractivity contribution in [1.29, 1.82) is 0 Å².